The Balaban J connectivity index is 1.37. The van der Waals surface area contributed by atoms with E-state index in [-0.39, 0.29) is 0 Å². The summed E-state index contributed by atoms with van der Waals surface area (Å²) in [6.07, 6.45) is 16.5. The lowest BCUT2D eigenvalue weighted by Crippen LogP contribution is -2.48. The van der Waals surface area contributed by atoms with Crippen LogP contribution in [0.25, 0.3) is 5.57 Å². The summed E-state index contributed by atoms with van der Waals surface area (Å²) in [7, 11) is 1.82. The second-order valence-electron chi connectivity index (χ2n) is 10.8. The molecular formula is C31H36O3. The van der Waals surface area contributed by atoms with Gasteiger partial charge in [-0.15, -0.1) is 0 Å². The van der Waals surface area contributed by atoms with Gasteiger partial charge in [0.15, 0.2) is 0 Å². The van der Waals surface area contributed by atoms with E-state index in [1.165, 1.54) is 49.7 Å². The third kappa shape index (κ3) is 4.45. The van der Waals surface area contributed by atoms with Crippen LogP contribution >= 0.6 is 0 Å². The molecule has 0 aliphatic heterocycles. The van der Waals surface area contributed by atoms with E-state index >= 15 is 0 Å². The number of hydrogen-bond donors (Lipinski definition) is 1. The number of hydrogen-bond acceptors (Lipinski definition) is 2. The largest absolute Gasteiger partial charge is 0.496 e. The second kappa shape index (κ2) is 9.44. The highest BCUT2D eigenvalue weighted by Gasteiger charge is 2.52. The maximum absolute atomic E-state index is 11.4. The van der Waals surface area contributed by atoms with Crippen LogP contribution < -0.4 is 4.74 Å². The monoisotopic (exact) mass is 456 g/mol. The van der Waals surface area contributed by atoms with Gasteiger partial charge in [0, 0.05) is 5.56 Å². The number of carboxylic acid groups (broad SMARTS) is 1. The standard InChI is InChI=1S/C31H36O3/c1-3-6-25(26-9-5-10-27(17-26)30(32)33)8-4-7-21-11-12-29(34-2)28(16-21)31-18-22-13-23(19-31)15-24(14-22)20-31/h3,5-6,8-12,16-17,22-24H,4,7,13-15,18-20H2,1-2H3,(H,32,33)/b6-3?,25-8-. The highest BCUT2D eigenvalue weighted by molar-refractivity contribution is 5.89. The van der Waals surface area contributed by atoms with Crippen molar-refractivity contribution in [2.24, 2.45) is 17.8 Å². The van der Waals surface area contributed by atoms with Crippen molar-refractivity contribution in [2.75, 3.05) is 7.11 Å². The molecule has 0 spiro atoms. The van der Waals surface area contributed by atoms with Gasteiger partial charge in [-0.05, 0) is 116 Å². The van der Waals surface area contributed by atoms with E-state index in [0.717, 1.165) is 47.5 Å². The summed E-state index contributed by atoms with van der Waals surface area (Å²) >= 11 is 0. The van der Waals surface area contributed by atoms with Crippen LogP contribution in [0.15, 0.2) is 60.7 Å². The van der Waals surface area contributed by atoms with E-state index < -0.39 is 5.97 Å². The predicted octanol–water partition coefficient (Wildman–Crippen LogP) is 7.45. The summed E-state index contributed by atoms with van der Waals surface area (Å²) in [6, 6.07) is 14.1. The molecule has 178 valence electrons. The van der Waals surface area contributed by atoms with E-state index in [2.05, 4.69) is 30.4 Å². The molecule has 0 saturated heterocycles. The minimum absolute atomic E-state index is 0.319. The third-order valence-corrected chi connectivity index (χ3v) is 8.46. The number of methoxy groups -OCH3 is 1. The van der Waals surface area contributed by atoms with E-state index in [1.807, 2.05) is 32.2 Å². The van der Waals surface area contributed by atoms with Crippen molar-refractivity contribution in [3.8, 4) is 5.75 Å². The van der Waals surface area contributed by atoms with Crippen molar-refractivity contribution in [3.05, 3.63) is 82.9 Å². The van der Waals surface area contributed by atoms with Gasteiger partial charge in [0.05, 0.1) is 12.7 Å². The van der Waals surface area contributed by atoms with E-state index in [9.17, 15) is 9.90 Å². The number of benzene rings is 2. The molecule has 2 aromatic carbocycles. The summed E-state index contributed by atoms with van der Waals surface area (Å²) in [6.45, 7) is 2.00. The molecule has 3 nitrogen and oxygen atoms in total. The molecule has 4 aliphatic rings. The first-order valence-electron chi connectivity index (χ1n) is 12.8. The SMILES string of the molecule is CC=C/C(=C/CCc1ccc(OC)c(C23CC4CC(CC(C4)C2)C3)c1)c1cccc(C(=O)O)c1. The van der Waals surface area contributed by atoms with Gasteiger partial charge in [0.1, 0.15) is 5.75 Å². The average molecular weight is 457 g/mol. The van der Waals surface area contributed by atoms with Crippen LogP contribution in [0.2, 0.25) is 0 Å². The molecule has 4 saturated carbocycles. The number of allylic oxidation sites excluding steroid dienone is 4. The van der Waals surface area contributed by atoms with Crippen molar-refractivity contribution in [1.82, 2.24) is 0 Å². The Hall–Kier alpha value is -2.81. The number of aromatic carboxylic acids is 1. The lowest BCUT2D eigenvalue weighted by atomic mass is 9.48. The summed E-state index contributed by atoms with van der Waals surface area (Å²) < 4.78 is 5.88. The maximum Gasteiger partial charge on any atom is 0.335 e. The highest BCUT2D eigenvalue weighted by Crippen LogP contribution is 2.61. The van der Waals surface area contributed by atoms with Crippen molar-refractivity contribution in [2.45, 2.75) is 63.7 Å². The Morgan fingerprint density at radius 1 is 1.03 bits per heavy atom. The molecule has 4 bridgehead atoms. The lowest BCUT2D eigenvalue weighted by molar-refractivity contribution is -0.00619. The first-order chi connectivity index (χ1) is 16.5. The molecule has 0 aromatic heterocycles. The smallest absolute Gasteiger partial charge is 0.335 e. The van der Waals surface area contributed by atoms with Gasteiger partial charge in [-0.2, -0.15) is 0 Å². The van der Waals surface area contributed by atoms with Gasteiger partial charge >= 0.3 is 5.97 Å². The van der Waals surface area contributed by atoms with Gasteiger partial charge in [-0.3, -0.25) is 0 Å². The Labute approximate surface area is 203 Å². The van der Waals surface area contributed by atoms with E-state index in [4.69, 9.17) is 4.74 Å². The molecule has 6 rings (SSSR count). The molecule has 34 heavy (non-hydrogen) atoms. The van der Waals surface area contributed by atoms with Crippen LogP contribution in [0.1, 0.15) is 78.9 Å². The number of rotatable bonds is 8. The van der Waals surface area contributed by atoms with Gasteiger partial charge in [-0.25, -0.2) is 4.79 Å². The van der Waals surface area contributed by atoms with Gasteiger partial charge < -0.3 is 9.84 Å². The number of carboxylic acids is 1. The Kier molecular flexibility index (Phi) is 6.38. The highest BCUT2D eigenvalue weighted by atomic mass is 16.5. The molecule has 2 aromatic rings. The fourth-order valence-electron chi connectivity index (χ4n) is 7.45. The molecule has 3 heteroatoms. The molecule has 1 N–H and O–H groups in total. The van der Waals surface area contributed by atoms with Crippen LogP contribution in [0.4, 0.5) is 0 Å². The third-order valence-electron chi connectivity index (χ3n) is 8.46. The zero-order chi connectivity index (χ0) is 23.7. The summed E-state index contributed by atoms with van der Waals surface area (Å²) in [5.74, 6) is 2.91. The molecule has 0 amide bonds. The van der Waals surface area contributed by atoms with Crippen molar-refractivity contribution in [1.29, 1.82) is 0 Å². The molecule has 0 radical (unpaired) electrons. The quantitative estimate of drug-likeness (QED) is 0.420. The summed E-state index contributed by atoms with van der Waals surface area (Å²) in [5.41, 5.74) is 5.48. The minimum Gasteiger partial charge on any atom is -0.496 e. The lowest BCUT2D eigenvalue weighted by Gasteiger charge is -2.57. The first kappa shape index (κ1) is 23.0. The minimum atomic E-state index is -0.892. The molecular weight excluding hydrogens is 420 g/mol. The van der Waals surface area contributed by atoms with Crippen molar-refractivity contribution >= 4 is 11.5 Å². The topological polar surface area (TPSA) is 46.5 Å². The van der Waals surface area contributed by atoms with Gasteiger partial charge in [-0.1, -0.05) is 42.5 Å². The zero-order valence-electron chi connectivity index (χ0n) is 20.4. The van der Waals surface area contributed by atoms with Crippen molar-refractivity contribution < 1.29 is 14.6 Å². The maximum atomic E-state index is 11.4. The van der Waals surface area contributed by atoms with Crippen LogP contribution in [0.3, 0.4) is 0 Å². The summed E-state index contributed by atoms with van der Waals surface area (Å²) in [4.78, 5) is 11.4. The Bertz CT molecular complexity index is 1090. The van der Waals surface area contributed by atoms with Gasteiger partial charge in [0.2, 0.25) is 0 Å². The number of ether oxygens (including phenoxy) is 1. The Morgan fingerprint density at radius 2 is 1.71 bits per heavy atom. The average Bonchev–Trinajstić information content (AvgIpc) is 2.82. The summed E-state index contributed by atoms with van der Waals surface area (Å²) in [5, 5.41) is 9.35. The Morgan fingerprint density at radius 3 is 2.32 bits per heavy atom. The van der Waals surface area contributed by atoms with Crippen LogP contribution in [0.5, 0.6) is 5.75 Å². The second-order valence-corrected chi connectivity index (χ2v) is 10.8. The van der Waals surface area contributed by atoms with Crippen LogP contribution in [-0.2, 0) is 11.8 Å². The van der Waals surface area contributed by atoms with E-state index in [0.29, 0.717) is 11.0 Å². The fourth-order valence-corrected chi connectivity index (χ4v) is 7.45. The number of aryl methyl sites for hydroxylation is 1. The molecule has 0 unspecified atom stereocenters. The molecule has 0 atom stereocenters. The van der Waals surface area contributed by atoms with E-state index in [1.54, 1.807) is 12.1 Å². The normalized spacial score (nSPS) is 27.9. The molecule has 4 fully saturated rings. The molecule has 0 heterocycles. The molecule has 4 aliphatic carbocycles. The van der Waals surface area contributed by atoms with Crippen LogP contribution in [-0.4, -0.2) is 18.2 Å². The fraction of sp³-hybridized carbons (Fsp3) is 0.452. The van der Waals surface area contributed by atoms with Crippen molar-refractivity contribution in [3.63, 3.8) is 0 Å². The number of carbonyl (C=O) groups is 1. The first-order valence-corrected chi connectivity index (χ1v) is 12.8. The zero-order valence-corrected chi connectivity index (χ0v) is 20.4. The van der Waals surface area contributed by atoms with Crippen LogP contribution in [0, 0.1) is 17.8 Å². The predicted molar refractivity (Wildman–Crippen MR) is 137 cm³/mol. The van der Waals surface area contributed by atoms with Gasteiger partial charge in [0.25, 0.3) is 0 Å².